The topological polar surface area (TPSA) is 81.2 Å². The lowest BCUT2D eigenvalue weighted by molar-refractivity contribution is -0.137. The second-order valence-corrected chi connectivity index (χ2v) is 6.45. The first-order chi connectivity index (χ1) is 11.5. The summed E-state index contributed by atoms with van der Waals surface area (Å²) in [7, 11) is 0. The lowest BCUT2D eigenvalue weighted by Crippen LogP contribution is -2.11. The summed E-state index contributed by atoms with van der Waals surface area (Å²) in [6.07, 6.45) is 0. The number of hydrogen-bond donors (Lipinski definition) is 1. The molecule has 3 aromatic rings. The van der Waals surface area contributed by atoms with Gasteiger partial charge in [-0.15, -0.1) is 11.8 Å². The lowest BCUT2D eigenvalue weighted by atomic mass is 10.2. The summed E-state index contributed by atoms with van der Waals surface area (Å²) in [4.78, 5) is 16.4. The van der Waals surface area contributed by atoms with E-state index in [1.807, 2.05) is 6.07 Å². The number of rotatable bonds is 6. The van der Waals surface area contributed by atoms with Gasteiger partial charge >= 0.3 is 5.97 Å². The van der Waals surface area contributed by atoms with Crippen LogP contribution in [-0.4, -0.2) is 25.8 Å². The zero-order chi connectivity index (χ0) is 17.1. The molecular formula is C17H17N3O3S. The van der Waals surface area contributed by atoms with E-state index in [4.69, 9.17) is 9.52 Å². The fourth-order valence-electron chi connectivity index (χ4n) is 2.24. The number of nitrogens with zero attached hydrogens (tertiary/aromatic N) is 3. The number of hydrogen-bond acceptors (Lipinski definition) is 5. The molecule has 1 aromatic carbocycles. The van der Waals surface area contributed by atoms with Gasteiger partial charge in [-0.1, -0.05) is 17.7 Å². The van der Waals surface area contributed by atoms with Crippen molar-refractivity contribution >= 4 is 17.7 Å². The number of carboxylic acids is 1. The van der Waals surface area contributed by atoms with Crippen molar-refractivity contribution in [1.82, 2.24) is 14.8 Å². The fraction of sp³-hybridized carbons (Fsp3) is 0.235. The Bertz CT molecular complexity index is 852. The van der Waals surface area contributed by atoms with E-state index in [0.717, 1.165) is 5.76 Å². The van der Waals surface area contributed by atoms with Crippen molar-refractivity contribution < 1.29 is 14.3 Å². The maximum atomic E-state index is 10.9. The summed E-state index contributed by atoms with van der Waals surface area (Å²) < 4.78 is 7.15. The molecule has 0 aliphatic carbocycles. The van der Waals surface area contributed by atoms with Crippen molar-refractivity contribution in [2.75, 3.05) is 0 Å². The molecule has 0 aliphatic rings. The van der Waals surface area contributed by atoms with E-state index in [2.05, 4.69) is 41.3 Å². The van der Waals surface area contributed by atoms with Crippen molar-refractivity contribution in [3.63, 3.8) is 0 Å². The Morgan fingerprint density at radius 1 is 1.21 bits per heavy atom. The molecule has 0 amide bonds. The van der Waals surface area contributed by atoms with Gasteiger partial charge in [0, 0.05) is 4.90 Å². The molecule has 0 atom stereocenters. The summed E-state index contributed by atoms with van der Waals surface area (Å²) in [5.74, 6) is 1.99. The second kappa shape index (κ2) is 6.92. The van der Waals surface area contributed by atoms with Crippen LogP contribution in [0.2, 0.25) is 0 Å². The van der Waals surface area contributed by atoms with E-state index in [9.17, 15) is 4.79 Å². The minimum Gasteiger partial charge on any atom is -0.480 e. The van der Waals surface area contributed by atoms with Crippen molar-refractivity contribution in [1.29, 1.82) is 0 Å². The van der Waals surface area contributed by atoms with Crippen molar-refractivity contribution in [3.8, 4) is 11.6 Å². The Hall–Kier alpha value is -2.54. The van der Waals surface area contributed by atoms with Gasteiger partial charge in [-0.2, -0.15) is 5.10 Å². The molecule has 6 nitrogen and oxygen atoms in total. The molecule has 0 bridgehead atoms. The first kappa shape index (κ1) is 16.3. The summed E-state index contributed by atoms with van der Waals surface area (Å²) >= 11 is 1.68. The smallest absolute Gasteiger partial charge is 0.325 e. The number of carbonyl (C=O) groups is 1. The van der Waals surface area contributed by atoms with Gasteiger partial charge in [0.05, 0.1) is 5.75 Å². The van der Waals surface area contributed by atoms with Crippen LogP contribution in [0.4, 0.5) is 0 Å². The predicted octanol–water partition coefficient (Wildman–Crippen LogP) is 3.53. The van der Waals surface area contributed by atoms with E-state index in [-0.39, 0.29) is 6.54 Å². The zero-order valence-corrected chi connectivity index (χ0v) is 14.2. The van der Waals surface area contributed by atoms with Crippen LogP contribution in [-0.2, 0) is 17.1 Å². The van der Waals surface area contributed by atoms with E-state index in [1.165, 1.54) is 15.1 Å². The number of aryl methyl sites for hydroxylation is 2. The zero-order valence-electron chi connectivity index (χ0n) is 13.4. The number of benzene rings is 1. The molecule has 2 heterocycles. The Labute approximate surface area is 143 Å². The van der Waals surface area contributed by atoms with Gasteiger partial charge < -0.3 is 9.52 Å². The molecule has 0 radical (unpaired) electrons. The standard InChI is InChI=1S/C17H17N3O3S/c1-11-3-6-14(7-4-11)24-10-13-5-8-15(23-13)17-18-12(2)19-20(17)9-16(21)22/h3-8H,9-10H2,1-2H3,(H,21,22). The number of aromatic nitrogens is 3. The van der Waals surface area contributed by atoms with Gasteiger partial charge in [-0.25, -0.2) is 9.67 Å². The van der Waals surface area contributed by atoms with Crippen LogP contribution >= 0.6 is 11.8 Å². The lowest BCUT2D eigenvalue weighted by Gasteiger charge is -2.01. The number of carboxylic acid groups (broad SMARTS) is 1. The SMILES string of the molecule is Cc1ccc(SCc2ccc(-c3nc(C)nn3CC(=O)O)o2)cc1. The Balaban J connectivity index is 1.73. The monoisotopic (exact) mass is 343 g/mol. The predicted molar refractivity (Wildman–Crippen MR) is 90.8 cm³/mol. The highest BCUT2D eigenvalue weighted by Gasteiger charge is 2.16. The molecule has 2 aromatic heterocycles. The number of aliphatic carboxylic acids is 1. The molecule has 0 spiro atoms. The van der Waals surface area contributed by atoms with Gasteiger partial charge in [0.1, 0.15) is 18.1 Å². The summed E-state index contributed by atoms with van der Waals surface area (Å²) in [6.45, 7) is 3.53. The van der Waals surface area contributed by atoms with Crippen LogP contribution < -0.4 is 0 Å². The highest BCUT2D eigenvalue weighted by molar-refractivity contribution is 7.98. The van der Waals surface area contributed by atoms with E-state index < -0.39 is 5.97 Å². The van der Waals surface area contributed by atoms with Gasteiger partial charge in [-0.05, 0) is 38.1 Å². The third kappa shape index (κ3) is 3.86. The first-order valence-corrected chi connectivity index (χ1v) is 8.41. The van der Waals surface area contributed by atoms with Gasteiger partial charge in [0.25, 0.3) is 0 Å². The molecule has 7 heteroatoms. The molecule has 0 aliphatic heterocycles. The third-order valence-electron chi connectivity index (χ3n) is 3.35. The molecular weight excluding hydrogens is 326 g/mol. The van der Waals surface area contributed by atoms with Crippen LogP contribution in [0.5, 0.6) is 0 Å². The van der Waals surface area contributed by atoms with Crippen molar-refractivity contribution in [2.24, 2.45) is 0 Å². The molecule has 0 saturated carbocycles. The summed E-state index contributed by atoms with van der Waals surface area (Å²) in [6, 6.07) is 12.0. The minimum absolute atomic E-state index is 0.246. The van der Waals surface area contributed by atoms with Crippen LogP contribution in [0.15, 0.2) is 45.7 Å². The Kier molecular flexibility index (Phi) is 4.71. The molecule has 0 saturated heterocycles. The molecule has 0 fully saturated rings. The van der Waals surface area contributed by atoms with E-state index in [0.29, 0.717) is 23.2 Å². The van der Waals surface area contributed by atoms with Crippen LogP contribution in [0.3, 0.4) is 0 Å². The maximum Gasteiger partial charge on any atom is 0.325 e. The van der Waals surface area contributed by atoms with Gasteiger partial charge in [0.15, 0.2) is 11.6 Å². The largest absolute Gasteiger partial charge is 0.480 e. The first-order valence-electron chi connectivity index (χ1n) is 7.43. The molecule has 3 rings (SSSR count). The van der Waals surface area contributed by atoms with Crippen molar-refractivity contribution in [2.45, 2.75) is 31.0 Å². The molecule has 124 valence electrons. The van der Waals surface area contributed by atoms with Crippen molar-refractivity contribution in [3.05, 3.63) is 53.5 Å². The van der Waals surface area contributed by atoms with E-state index >= 15 is 0 Å². The summed E-state index contributed by atoms with van der Waals surface area (Å²) in [5, 5.41) is 13.1. The van der Waals surface area contributed by atoms with Gasteiger partial charge in [-0.3, -0.25) is 4.79 Å². The number of furan rings is 1. The fourth-order valence-corrected chi connectivity index (χ4v) is 3.03. The van der Waals surface area contributed by atoms with E-state index in [1.54, 1.807) is 24.8 Å². The summed E-state index contributed by atoms with van der Waals surface area (Å²) in [5.41, 5.74) is 1.23. The Morgan fingerprint density at radius 2 is 1.96 bits per heavy atom. The maximum absolute atomic E-state index is 10.9. The minimum atomic E-state index is -0.970. The normalized spacial score (nSPS) is 10.9. The molecule has 1 N–H and O–H groups in total. The van der Waals surface area contributed by atoms with Crippen LogP contribution in [0, 0.1) is 13.8 Å². The highest BCUT2D eigenvalue weighted by Crippen LogP contribution is 2.27. The van der Waals surface area contributed by atoms with Gasteiger partial charge in [0.2, 0.25) is 0 Å². The second-order valence-electron chi connectivity index (χ2n) is 5.40. The average Bonchev–Trinajstić information content (AvgIpc) is 3.13. The van der Waals surface area contributed by atoms with Crippen LogP contribution in [0.1, 0.15) is 17.1 Å². The third-order valence-corrected chi connectivity index (χ3v) is 4.38. The van der Waals surface area contributed by atoms with Crippen LogP contribution in [0.25, 0.3) is 11.6 Å². The number of thioether (sulfide) groups is 1. The molecule has 0 unspecified atom stereocenters. The highest BCUT2D eigenvalue weighted by atomic mass is 32.2. The molecule has 24 heavy (non-hydrogen) atoms. The average molecular weight is 343 g/mol. The quantitative estimate of drug-likeness (QED) is 0.690. The Morgan fingerprint density at radius 3 is 2.67 bits per heavy atom.